The van der Waals surface area contributed by atoms with Crippen LogP contribution >= 0.6 is 23.1 Å². The summed E-state index contributed by atoms with van der Waals surface area (Å²) in [5, 5.41) is 1.03. The smallest absolute Gasteiger partial charge is 0.249 e. The minimum Gasteiger partial charge on any atom is -0.366 e. The third-order valence-electron chi connectivity index (χ3n) is 3.12. The number of thiazole rings is 1. The van der Waals surface area contributed by atoms with Gasteiger partial charge < -0.3 is 5.73 Å². The Kier molecular flexibility index (Phi) is 4.56. The zero-order valence-corrected chi connectivity index (χ0v) is 13.4. The summed E-state index contributed by atoms with van der Waals surface area (Å²) in [6.07, 6.45) is 1.90. The van der Waals surface area contributed by atoms with E-state index in [1.54, 1.807) is 29.2 Å². The highest BCUT2D eigenvalue weighted by Gasteiger charge is 2.09. The van der Waals surface area contributed by atoms with Crippen LogP contribution < -0.4 is 5.73 Å². The molecule has 0 unspecified atom stereocenters. The molecule has 22 heavy (non-hydrogen) atoms. The molecular formula is C17H14N2OS2. The number of amides is 1. The predicted octanol–water partition coefficient (Wildman–Crippen LogP) is 4.20. The fourth-order valence-corrected chi connectivity index (χ4v) is 4.03. The molecule has 0 radical (unpaired) electrons. The number of benzene rings is 2. The van der Waals surface area contributed by atoms with Gasteiger partial charge in [0.2, 0.25) is 5.91 Å². The van der Waals surface area contributed by atoms with Crippen LogP contribution in [-0.2, 0) is 5.75 Å². The second-order valence-electron chi connectivity index (χ2n) is 4.63. The molecule has 0 bridgehead atoms. The van der Waals surface area contributed by atoms with Crippen molar-refractivity contribution in [1.29, 1.82) is 0 Å². The highest BCUT2D eigenvalue weighted by molar-refractivity contribution is 7.98. The van der Waals surface area contributed by atoms with Crippen molar-refractivity contribution < 1.29 is 4.79 Å². The summed E-state index contributed by atoms with van der Waals surface area (Å²) in [5.74, 6) is 0.328. The number of hydrogen-bond acceptors (Lipinski definition) is 4. The average molecular weight is 326 g/mol. The van der Waals surface area contributed by atoms with Crippen LogP contribution in [0.25, 0.3) is 10.4 Å². The van der Waals surface area contributed by atoms with Gasteiger partial charge in [0.1, 0.15) is 5.01 Å². The van der Waals surface area contributed by atoms with E-state index in [-0.39, 0.29) is 0 Å². The van der Waals surface area contributed by atoms with E-state index in [1.165, 1.54) is 5.56 Å². The molecule has 0 saturated heterocycles. The van der Waals surface area contributed by atoms with E-state index in [0.29, 0.717) is 5.56 Å². The molecular weight excluding hydrogens is 312 g/mol. The first-order chi connectivity index (χ1) is 10.7. The van der Waals surface area contributed by atoms with Crippen LogP contribution in [0.15, 0.2) is 65.7 Å². The van der Waals surface area contributed by atoms with Gasteiger partial charge in [-0.2, -0.15) is 0 Å². The third kappa shape index (κ3) is 3.37. The molecule has 0 spiro atoms. The van der Waals surface area contributed by atoms with E-state index >= 15 is 0 Å². The van der Waals surface area contributed by atoms with Gasteiger partial charge in [-0.05, 0) is 17.7 Å². The number of carbonyl (C=O) groups excluding carboxylic acids is 1. The van der Waals surface area contributed by atoms with Crippen molar-refractivity contribution >= 4 is 29.0 Å². The zero-order chi connectivity index (χ0) is 15.4. The number of primary amides is 1. The number of hydrogen-bond donors (Lipinski definition) is 1. The maximum Gasteiger partial charge on any atom is 0.249 e. The lowest BCUT2D eigenvalue weighted by molar-refractivity contribution is 0.0997. The van der Waals surface area contributed by atoms with Gasteiger partial charge in [-0.15, -0.1) is 23.1 Å². The monoisotopic (exact) mass is 326 g/mol. The van der Waals surface area contributed by atoms with Crippen LogP contribution in [0, 0.1) is 0 Å². The Hall–Kier alpha value is -2.11. The quantitative estimate of drug-likeness (QED) is 0.715. The molecule has 5 heteroatoms. The van der Waals surface area contributed by atoms with Gasteiger partial charge in [-0.25, -0.2) is 4.98 Å². The van der Waals surface area contributed by atoms with E-state index in [2.05, 4.69) is 17.1 Å². The third-order valence-corrected chi connectivity index (χ3v) is 5.43. The standard InChI is InChI=1S/C17H14N2OS2/c18-17(20)13-8-4-5-9-14(13)21-11-16-19-10-15(22-16)12-6-2-1-3-7-12/h1-10H,11H2,(H2,18,20). The molecule has 110 valence electrons. The predicted molar refractivity (Wildman–Crippen MR) is 92.1 cm³/mol. The number of nitrogens with zero attached hydrogens (tertiary/aromatic N) is 1. The molecule has 3 aromatic rings. The number of rotatable bonds is 5. The fourth-order valence-electron chi connectivity index (χ4n) is 2.05. The molecule has 0 fully saturated rings. The Balaban J connectivity index is 1.73. The van der Waals surface area contributed by atoms with Crippen molar-refractivity contribution in [2.75, 3.05) is 0 Å². The van der Waals surface area contributed by atoms with Crippen molar-refractivity contribution in [3.8, 4) is 10.4 Å². The van der Waals surface area contributed by atoms with Crippen LogP contribution in [0.1, 0.15) is 15.4 Å². The molecule has 1 amide bonds. The Morgan fingerprint density at radius 3 is 2.59 bits per heavy atom. The molecule has 2 aromatic carbocycles. The molecule has 0 atom stereocenters. The summed E-state index contributed by atoms with van der Waals surface area (Å²) in [7, 11) is 0. The topological polar surface area (TPSA) is 56.0 Å². The first kappa shape index (κ1) is 14.8. The molecule has 3 rings (SSSR count). The van der Waals surface area contributed by atoms with Gasteiger partial charge in [0, 0.05) is 11.1 Å². The van der Waals surface area contributed by atoms with Gasteiger partial charge in [0.25, 0.3) is 0 Å². The SMILES string of the molecule is NC(=O)c1ccccc1SCc1ncc(-c2ccccc2)s1. The molecule has 0 aliphatic rings. The highest BCUT2D eigenvalue weighted by Crippen LogP contribution is 2.31. The van der Waals surface area contributed by atoms with Crippen molar-refractivity contribution in [1.82, 2.24) is 4.98 Å². The van der Waals surface area contributed by atoms with E-state index in [0.717, 1.165) is 20.5 Å². The second-order valence-corrected chi connectivity index (χ2v) is 6.77. The van der Waals surface area contributed by atoms with Gasteiger partial charge in [0.15, 0.2) is 0 Å². The fraction of sp³-hybridized carbons (Fsp3) is 0.0588. The number of carbonyl (C=O) groups is 1. The van der Waals surface area contributed by atoms with Gasteiger partial charge >= 0.3 is 0 Å². The van der Waals surface area contributed by atoms with E-state index < -0.39 is 5.91 Å². The lowest BCUT2D eigenvalue weighted by atomic mass is 10.2. The lowest BCUT2D eigenvalue weighted by Gasteiger charge is -2.04. The summed E-state index contributed by atoms with van der Waals surface area (Å²) in [6, 6.07) is 17.6. The summed E-state index contributed by atoms with van der Waals surface area (Å²) >= 11 is 3.26. The molecule has 1 heterocycles. The maximum absolute atomic E-state index is 11.4. The van der Waals surface area contributed by atoms with Crippen LogP contribution in [-0.4, -0.2) is 10.9 Å². The van der Waals surface area contributed by atoms with Crippen LogP contribution in [0.4, 0.5) is 0 Å². The molecule has 0 aliphatic carbocycles. The van der Waals surface area contributed by atoms with E-state index in [9.17, 15) is 4.79 Å². The van der Waals surface area contributed by atoms with Crippen molar-refractivity contribution in [3.05, 3.63) is 71.4 Å². The highest BCUT2D eigenvalue weighted by atomic mass is 32.2. The Bertz CT molecular complexity index is 784. The Morgan fingerprint density at radius 1 is 1.09 bits per heavy atom. The van der Waals surface area contributed by atoms with Gasteiger partial charge in [0.05, 0.1) is 16.2 Å². The minimum absolute atomic E-state index is 0.396. The number of nitrogens with two attached hydrogens (primary N) is 1. The van der Waals surface area contributed by atoms with Crippen LogP contribution in [0.5, 0.6) is 0 Å². The molecule has 2 N–H and O–H groups in total. The van der Waals surface area contributed by atoms with Gasteiger partial charge in [-0.1, -0.05) is 42.5 Å². The Labute approximate surface area is 137 Å². The van der Waals surface area contributed by atoms with Crippen LogP contribution in [0.3, 0.4) is 0 Å². The summed E-state index contributed by atoms with van der Waals surface area (Å²) in [4.78, 5) is 17.9. The zero-order valence-electron chi connectivity index (χ0n) is 11.7. The van der Waals surface area contributed by atoms with Crippen molar-refractivity contribution in [2.24, 2.45) is 5.73 Å². The number of aromatic nitrogens is 1. The second kappa shape index (κ2) is 6.77. The lowest BCUT2D eigenvalue weighted by Crippen LogP contribution is -2.11. The summed E-state index contributed by atoms with van der Waals surface area (Å²) in [6.45, 7) is 0. The minimum atomic E-state index is -0.396. The first-order valence-corrected chi connectivity index (χ1v) is 8.56. The molecule has 0 saturated carbocycles. The van der Waals surface area contributed by atoms with Crippen molar-refractivity contribution in [3.63, 3.8) is 0 Å². The summed E-state index contributed by atoms with van der Waals surface area (Å²) < 4.78 is 0. The molecule has 3 nitrogen and oxygen atoms in total. The Morgan fingerprint density at radius 2 is 1.82 bits per heavy atom. The average Bonchev–Trinajstić information content (AvgIpc) is 3.03. The van der Waals surface area contributed by atoms with Crippen LogP contribution in [0.2, 0.25) is 0 Å². The normalized spacial score (nSPS) is 10.5. The molecule has 1 aromatic heterocycles. The summed E-state index contributed by atoms with van der Waals surface area (Å²) in [5.41, 5.74) is 7.14. The van der Waals surface area contributed by atoms with E-state index in [4.69, 9.17) is 5.73 Å². The van der Waals surface area contributed by atoms with E-state index in [1.807, 2.05) is 42.6 Å². The first-order valence-electron chi connectivity index (χ1n) is 6.76. The largest absolute Gasteiger partial charge is 0.366 e. The van der Waals surface area contributed by atoms with Gasteiger partial charge in [-0.3, -0.25) is 4.79 Å². The maximum atomic E-state index is 11.4. The molecule has 0 aliphatic heterocycles. The van der Waals surface area contributed by atoms with Crippen molar-refractivity contribution in [2.45, 2.75) is 10.6 Å². The number of thioether (sulfide) groups is 1.